The van der Waals surface area contributed by atoms with Crippen molar-refractivity contribution in [3.63, 3.8) is 0 Å². The molecule has 1 aliphatic heterocycles. The Labute approximate surface area is 163 Å². The molecule has 0 N–H and O–H groups in total. The zero-order chi connectivity index (χ0) is 19.1. The van der Waals surface area contributed by atoms with Gasteiger partial charge in [0.25, 0.3) is 0 Å². The minimum absolute atomic E-state index is 0.191. The van der Waals surface area contributed by atoms with Gasteiger partial charge in [0.15, 0.2) is 0 Å². The van der Waals surface area contributed by atoms with Crippen LogP contribution < -0.4 is 4.74 Å². The minimum atomic E-state index is -3.52. The molecule has 0 aliphatic carbocycles. The molecule has 2 heterocycles. The standard InChI is InChI=1S/C22H18N2O3S/c25-28(26,20-11-9-16-5-1-2-7-18(16)13-20)24-14-19(15-24)27-22-12-10-17-6-3-4-8-21(17)23-22/h1-13,19H,14-15H2. The Hall–Kier alpha value is -2.96. The lowest BCUT2D eigenvalue weighted by Gasteiger charge is -2.37. The van der Waals surface area contributed by atoms with Crippen LogP contribution in [0.25, 0.3) is 21.7 Å². The molecule has 0 spiro atoms. The van der Waals surface area contributed by atoms with Crippen molar-refractivity contribution in [1.82, 2.24) is 9.29 Å². The first-order chi connectivity index (χ1) is 13.6. The Morgan fingerprint density at radius 2 is 1.50 bits per heavy atom. The molecule has 0 amide bonds. The molecular formula is C22H18N2O3S. The SMILES string of the molecule is O=S(=O)(c1ccc2ccccc2c1)N1CC(Oc2ccc3ccccc3n2)C1. The van der Waals surface area contributed by atoms with Crippen LogP contribution >= 0.6 is 0 Å². The van der Waals surface area contributed by atoms with Crippen molar-refractivity contribution in [2.24, 2.45) is 0 Å². The van der Waals surface area contributed by atoms with Crippen LogP contribution in [0.1, 0.15) is 0 Å². The van der Waals surface area contributed by atoms with Crippen molar-refractivity contribution in [3.8, 4) is 5.88 Å². The molecular weight excluding hydrogens is 372 g/mol. The Balaban J connectivity index is 1.30. The summed E-state index contributed by atoms with van der Waals surface area (Å²) < 4.78 is 33.1. The van der Waals surface area contributed by atoms with E-state index in [9.17, 15) is 8.42 Å². The van der Waals surface area contributed by atoms with Gasteiger partial charge in [-0.05, 0) is 35.0 Å². The predicted molar refractivity (Wildman–Crippen MR) is 109 cm³/mol. The normalized spacial score (nSPS) is 15.6. The van der Waals surface area contributed by atoms with Crippen LogP contribution in [-0.2, 0) is 10.0 Å². The molecule has 28 heavy (non-hydrogen) atoms. The van der Waals surface area contributed by atoms with E-state index in [4.69, 9.17) is 4.74 Å². The number of pyridine rings is 1. The summed E-state index contributed by atoms with van der Waals surface area (Å²) >= 11 is 0. The quantitative estimate of drug-likeness (QED) is 0.531. The maximum atomic E-state index is 12.9. The molecule has 1 aromatic heterocycles. The number of hydrogen-bond acceptors (Lipinski definition) is 4. The van der Waals surface area contributed by atoms with E-state index < -0.39 is 10.0 Å². The summed E-state index contributed by atoms with van der Waals surface area (Å²) in [6.45, 7) is 0.646. The maximum absolute atomic E-state index is 12.9. The van der Waals surface area contributed by atoms with E-state index in [-0.39, 0.29) is 6.10 Å². The van der Waals surface area contributed by atoms with Crippen molar-refractivity contribution in [1.29, 1.82) is 0 Å². The van der Waals surface area contributed by atoms with Crippen molar-refractivity contribution in [3.05, 3.63) is 78.9 Å². The molecule has 0 unspecified atom stereocenters. The third kappa shape index (κ3) is 3.00. The molecule has 0 atom stereocenters. The van der Waals surface area contributed by atoms with Crippen LogP contribution in [0.3, 0.4) is 0 Å². The van der Waals surface area contributed by atoms with Crippen LogP contribution in [0.5, 0.6) is 5.88 Å². The minimum Gasteiger partial charge on any atom is -0.472 e. The van der Waals surface area contributed by atoms with Gasteiger partial charge < -0.3 is 4.74 Å². The van der Waals surface area contributed by atoms with Gasteiger partial charge in [-0.15, -0.1) is 0 Å². The average Bonchev–Trinajstić information content (AvgIpc) is 2.69. The van der Waals surface area contributed by atoms with E-state index in [1.165, 1.54) is 4.31 Å². The molecule has 1 fully saturated rings. The Morgan fingerprint density at radius 3 is 2.32 bits per heavy atom. The molecule has 1 aliphatic rings. The summed E-state index contributed by atoms with van der Waals surface area (Å²) in [4.78, 5) is 4.80. The lowest BCUT2D eigenvalue weighted by molar-refractivity contribution is 0.0724. The second-order valence-electron chi connectivity index (χ2n) is 6.91. The zero-order valence-electron chi connectivity index (χ0n) is 15.0. The summed E-state index contributed by atoms with van der Waals surface area (Å²) in [5.41, 5.74) is 0.861. The summed E-state index contributed by atoms with van der Waals surface area (Å²) in [7, 11) is -3.52. The third-order valence-electron chi connectivity index (χ3n) is 5.03. The topological polar surface area (TPSA) is 59.5 Å². The molecule has 5 nitrogen and oxygen atoms in total. The average molecular weight is 390 g/mol. The highest BCUT2D eigenvalue weighted by molar-refractivity contribution is 7.89. The number of fused-ring (bicyclic) bond motifs is 2. The van der Waals surface area contributed by atoms with Gasteiger partial charge in [0.2, 0.25) is 15.9 Å². The maximum Gasteiger partial charge on any atom is 0.243 e. The molecule has 0 saturated carbocycles. The van der Waals surface area contributed by atoms with Gasteiger partial charge in [0.05, 0.1) is 23.5 Å². The van der Waals surface area contributed by atoms with E-state index in [1.807, 2.05) is 66.7 Å². The lowest BCUT2D eigenvalue weighted by atomic mass is 10.1. The summed E-state index contributed by atoms with van der Waals surface area (Å²) in [6.07, 6.45) is -0.191. The number of para-hydroxylation sites is 1. The fourth-order valence-corrected chi connectivity index (χ4v) is 4.97. The number of ether oxygens (including phenoxy) is 1. The van der Waals surface area contributed by atoms with E-state index in [0.717, 1.165) is 21.7 Å². The van der Waals surface area contributed by atoms with Crippen molar-refractivity contribution >= 4 is 31.7 Å². The smallest absolute Gasteiger partial charge is 0.243 e. The monoisotopic (exact) mass is 390 g/mol. The summed E-state index contributed by atoms with van der Waals surface area (Å²) in [5, 5.41) is 2.98. The van der Waals surface area contributed by atoms with Crippen LogP contribution in [0, 0.1) is 0 Å². The second kappa shape index (κ2) is 6.58. The Bertz CT molecular complexity index is 1280. The molecule has 5 rings (SSSR count). The van der Waals surface area contributed by atoms with Crippen LogP contribution in [-0.4, -0.2) is 36.9 Å². The van der Waals surface area contributed by atoms with Crippen LogP contribution in [0.2, 0.25) is 0 Å². The number of benzene rings is 3. The number of hydrogen-bond donors (Lipinski definition) is 0. The summed E-state index contributed by atoms with van der Waals surface area (Å²) in [6, 6.07) is 24.6. The van der Waals surface area contributed by atoms with E-state index in [2.05, 4.69) is 4.98 Å². The van der Waals surface area contributed by atoms with Gasteiger partial charge in [-0.1, -0.05) is 48.5 Å². The van der Waals surface area contributed by atoms with E-state index >= 15 is 0 Å². The summed E-state index contributed by atoms with van der Waals surface area (Å²) in [5.74, 6) is 0.520. The highest BCUT2D eigenvalue weighted by atomic mass is 32.2. The Kier molecular flexibility index (Phi) is 4.03. The van der Waals surface area contributed by atoms with Gasteiger partial charge in [0.1, 0.15) is 6.10 Å². The molecule has 0 bridgehead atoms. The predicted octanol–water partition coefficient (Wildman–Crippen LogP) is 3.84. The molecule has 140 valence electrons. The molecule has 3 aromatic carbocycles. The fourth-order valence-electron chi connectivity index (χ4n) is 3.43. The fraction of sp³-hybridized carbons (Fsp3) is 0.136. The van der Waals surface area contributed by atoms with Gasteiger partial charge in [-0.2, -0.15) is 4.31 Å². The molecule has 6 heteroatoms. The van der Waals surface area contributed by atoms with Crippen LogP contribution in [0.4, 0.5) is 0 Å². The largest absolute Gasteiger partial charge is 0.472 e. The van der Waals surface area contributed by atoms with Crippen molar-refractivity contribution in [2.75, 3.05) is 13.1 Å². The van der Waals surface area contributed by atoms with Gasteiger partial charge in [-0.3, -0.25) is 0 Å². The molecule has 4 aromatic rings. The van der Waals surface area contributed by atoms with Crippen molar-refractivity contribution in [2.45, 2.75) is 11.0 Å². The number of aromatic nitrogens is 1. The van der Waals surface area contributed by atoms with E-state index in [0.29, 0.717) is 23.9 Å². The number of sulfonamides is 1. The number of nitrogens with zero attached hydrogens (tertiary/aromatic N) is 2. The van der Waals surface area contributed by atoms with Gasteiger partial charge in [0, 0.05) is 11.5 Å². The zero-order valence-corrected chi connectivity index (χ0v) is 15.8. The first kappa shape index (κ1) is 17.2. The first-order valence-corrected chi connectivity index (χ1v) is 10.5. The van der Waals surface area contributed by atoms with Gasteiger partial charge in [-0.25, -0.2) is 13.4 Å². The molecule has 1 saturated heterocycles. The van der Waals surface area contributed by atoms with Crippen LogP contribution in [0.15, 0.2) is 83.8 Å². The van der Waals surface area contributed by atoms with Crippen molar-refractivity contribution < 1.29 is 13.2 Å². The van der Waals surface area contributed by atoms with E-state index in [1.54, 1.807) is 12.1 Å². The number of rotatable bonds is 4. The Morgan fingerprint density at radius 1 is 0.821 bits per heavy atom. The van der Waals surface area contributed by atoms with Gasteiger partial charge >= 0.3 is 0 Å². The third-order valence-corrected chi connectivity index (χ3v) is 6.86. The first-order valence-electron chi connectivity index (χ1n) is 9.11. The highest BCUT2D eigenvalue weighted by Gasteiger charge is 2.38. The highest BCUT2D eigenvalue weighted by Crippen LogP contribution is 2.27. The molecule has 0 radical (unpaired) electrons. The second-order valence-corrected chi connectivity index (χ2v) is 8.85. The lowest BCUT2D eigenvalue weighted by Crippen LogP contribution is -2.56.